The first-order chi connectivity index (χ1) is 17.4. The largest absolute Gasteiger partial charge is 0.494 e. The Kier molecular flexibility index (Phi) is 10.5. The molecule has 0 aliphatic heterocycles. The molecule has 0 fully saturated rings. The maximum atomic E-state index is 14.7. The van der Waals surface area contributed by atoms with Crippen molar-refractivity contribution in [2.75, 3.05) is 6.61 Å². The summed E-state index contributed by atoms with van der Waals surface area (Å²) in [5.74, 6) is 0.397. The van der Waals surface area contributed by atoms with Gasteiger partial charge in [0, 0.05) is 0 Å². The molecule has 0 radical (unpaired) electrons. The van der Waals surface area contributed by atoms with Crippen molar-refractivity contribution in [3.8, 4) is 33.8 Å². The third-order valence-electron chi connectivity index (χ3n) is 6.41. The summed E-state index contributed by atoms with van der Waals surface area (Å²) in [7, 11) is 0. The van der Waals surface area contributed by atoms with E-state index in [4.69, 9.17) is 9.47 Å². The van der Waals surface area contributed by atoms with Gasteiger partial charge in [0.15, 0.2) is 0 Å². The molecule has 192 valence electrons. The molecule has 0 saturated carbocycles. The van der Waals surface area contributed by atoms with Gasteiger partial charge in [-0.1, -0.05) is 94.5 Å². The summed E-state index contributed by atoms with van der Waals surface area (Å²) in [6.45, 7) is 6.30. The van der Waals surface area contributed by atoms with Crippen LogP contribution in [-0.4, -0.2) is 18.2 Å². The van der Waals surface area contributed by atoms with Crippen molar-refractivity contribution in [2.45, 2.75) is 77.8 Å². The molecule has 3 rings (SSSR count). The predicted molar refractivity (Wildman–Crippen MR) is 146 cm³/mol. The van der Waals surface area contributed by atoms with Crippen LogP contribution in [0.1, 0.15) is 72.1 Å². The number of halogens is 1. The zero-order valence-electron chi connectivity index (χ0n) is 21.9. The first-order valence-electron chi connectivity index (χ1n) is 13.3. The van der Waals surface area contributed by atoms with Crippen LogP contribution in [0.4, 0.5) is 4.39 Å². The van der Waals surface area contributed by atoms with E-state index in [0.717, 1.165) is 53.9 Å². The van der Waals surface area contributed by atoms with Crippen LogP contribution >= 0.6 is 0 Å². The lowest BCUT2D eigenvalue weighted by Crippen LogP contribution is -2.34. The Morgan fingerprint density at radius 2 is 1.25 bits per heavy atom. The highest BCUT2D eigenvalue weighted by atomic mass is 19.1. The van der Waals surface area contributed by atoms with Crippen molar-refractivity contribution in [1.82, 2.24) is 0 Å². The molecule has 0 aliphatic rings. The number of hydrogen-bond donors (Lipinski definition) is 0. The van der Waals surface area contributed by atoms with E-state index in [2.05, 4.69) is 31.2 Å². The summed E-state index contributed by atoms with van der Waals surface area (Å²) in [4.78, 5) is 12.4. The number of ether oxygens (including phenoxy) is 2. The Morgan fingerprint density at radius 3 is 1.81 bits per heavy atom. The Morgan fingerprint density at radius 1 is 0.722 bits per heavy atom. The summed E-state index contributed by atoms with van der Waals surface area (Å²) in [6.07, 6.45) is 7.46. The van der Waals surface area contributed by atoms with E-state index in [9.17, 15) is 9.18 Å². The number of hydrogen-bond acceptors (Lipinski definition) is 3. The molecule has 1 atom stereocenters. The Hall–Kier alpha value is -3.14. The van der Waals surface area contributed by atoms with Gasteiger partial charge in [0.2, 0.25) is 5.67 Å². The molecule has 3 aromatic carbocycles. The van der Waals surface area contributed by atoms with E-state index in [0.29, 0.717) is 12.2 Å². The molecule has 0 amide bonds. The van der Waals surface area contributed by atoms with Crippen LogP contribution in [-0.2, 0) is 4.79 Å². The fourth-order valence-electron chi connectivity index (χ4n) is 4.16. The minimum absolute atomic E-state index is 0.174. The number of rotatable bonds is 14. The van der Waals surface area contributed by atoms with Gasteiger partial charge < -0.3 is 9.47 Å². The molecule has 1 unspecified atom stereocenters. The molecule has 0 saturated heterocycles. The van der Waals surface area contributed by atoms with Crippen LogP contribution in [0.2, 0.25) is 0 Å². The summed E-state index contributed by atoms with van der Waals surface area (Å²) in [5.41, 5.74) is 2.28. The van der Waals surface area contributed by atoms with Gasteiger partial charge in [0.25, 0.3) is 0 Å². The Labute approximate surface area is 215 Å². The minimum Gasteiger partial charge on any atom is -0.494 e. The topological polar surface area (TPSA) is 35.5 Å². The van der Waals surface area contributed by atoms with Gasteiger partial charge in [-0.3, -0.25) is 0 Å². The summed E-state index contributed by atoms with van der Waals surface area (Å²) >= 11 is 0. The smallest absolute Gasteiger partial charge is 0.348 e. The molecule has 0 spiro atoms. The van der Waals surface area contributed by atoms with Crippen LogP contribution in [0.3, 0.4) is 0 Å². The second kappa shape index (κ2) is 13.8. The van der Waals surface area contributed by atoms with Crippen LogP contribution in [0, 0.1) is 0 Å². The van der Waals surface area contributed by atoms with Gasteiger partial charge in [-0.2, -0.15) is 0 Å². The van der Waals surface area contributed by atoms with Gasteiger partial charge >= 0.3 is 5.97 Å². The Balaban J connectivity index is 1.67. The second-order valence-corrected chi connectivity index (χ2v) is 9.55. The Bertz CT molecular complexity index is 1070. The molecule has 3 nitrogen and oxygen atoms in total. The lowest BCUT2D eigenvalue weighted by molar-refractivity contribution is -0.147. The van der Waals surface area contributed by atoms with Crippen molar-refractivity contribution in [2.24, 2.45) is 0 Å². The van der Waals surface area contributed by atoms with Crippen molar-refractivity contribution in [3.63, 3.8) is 0 Å². The average molecular weight is 491 g/mol. The van der Waals surface area contributed by atoms with Crippen LogP contribution in [0.25, 0.3) is 22.3 Å². The molecule has 3 aromatic rings. The molecule has 0 aliphatic carbocycles. The van der Waals surface area contributed by atoms with Crippen molar-refractivity contribution < 1.29 is 18.7 Å². The molecule has 4 heteroatoms. The van der Waals surface area contributed by atoms with E-state index >= 15 is 0 Å². The lowest BCUT2D eigenvalue weighted by Gasteiger charge is -2.18. The van der Waals surface area contributed by atoms with Gasteiger partial charge in [-0.15, -0.1) is 0 Å². The normalized spacial score (nSPS) is 12.7. The van der Waals surface area contributed by atoms with E-state index in [1.165, 1.54) is 26.2 Å². The number of alkyl halides is 1. The van der Waals surface area contributed by atoms with Crippen LogP contribution in [0.15, 0.2) is 72.8 Å². The highest BCUT2D eigenvalue weighted by Crippen LogP contribution is 2.34. The third-order valence-corrected chi connectivity index (χ3v) is 6.41. The number of benzene rings is 3. The molecule has 0 heterocycles. The first kappa shape index (κ1) is 27.4. The zero-order chi connectivity index (χ0) is 25.8. The second-order valence-electron chi connectivity index (χ2n) is 9.55. The molecular weight excluding hydrogens is 451 g/mol. The fraction of sp³-hybridized carbons (Fsp3) is 0.406. The molecule has 0 aromatic heterocycles. The maximum Gasteiger partial charge on any atom is 0.348 e. The summed E-state index contributed by atoms with van der Waals surface area (Å²) < 4.78 is 26.0. The number of carbonyl (C=O) groups is 1. The monoisotopic (exact) mass is 490 g/mol. The average Bonchev–Trinajstić information content (AvgIpc) is 2.89. The van der Waals surface area contributed by atoms with Gasteiger partial charge in [-0.25, -0.2) is 9.18 Å². The predicted octanol–water partition coefficient (Wildman–Crippen LogP) is 9.19. The highest BCUT2D eigenvalue weighted by Gasteiger charge is 2.34. The maximum absolute atomic E-state index is 14.7. The number of carbonyl (C=O) groups excluding carboxylic acids is 1. The van der Waals surface area contributed by atoms with Crippen LogP contribution in [0.5, 0.6) is 11.5 Å². The molecular formula is C32H39FO3. The summed E-state index contributed by atoms with van der Waals surface area (Å²) in [5, 5.41) is 0. The first-order valence-corrected chi connectivity index (χ1v) is 13.3. The fourth-order valence-corrected chi connectivity index (χ4v) is 4.16. The van der Waals surface area contributed by atoms with Gasteiger partial charge in [-0.05, 0) is 72.7 Å². The van der Waals surface area contributed by atoms with Gasteiger partial charge in [0.05, 0.1) is 6.61 Å². The summed E-state index contributed by atoms with van der Waals surface area (Å²) in [6, 6.07) is 23.6. The standard InChI is InChI=1S/C32H39FO3/c1-4-6-8-12-24-35-27-19-15-25(16-20-27)29-13-9-10-14-30(29)26-17-21-28(22-18-26)36-31(34)32(3,33)23-11-7-5-2/h9-10,13-22H,4-8,11-12,23-24H2,1-3H3. The molecule has 0 N–H and O–H groups in total. The third kappa shape index (κ3) is 7.94. The van der Waals surface area contributed by atoms with Crippen molar-refractivity contribution in [3.05, 3.63) is 72.8 Å². The quantitative estimate of drug-likeness (QED) is 0.128. The molecule has 36 heavy (non-hydrogen) atoms. The number of unbranched alkanes of at least 4 members (excludes halogenated alkanes) is 5. The number of esters is 1. The van der Waals surface area contributed by atoms with Gasteiger partial charge in [0.1, 0.15) is 11.5 Å². The van der Waals surface area contributed by atoms with Crippen molar-refractivity contribution in [1.29, 1.82) is 0 Å². The van der Waals surface area contributed by atoms with E-state index in [1.54, 1.807) is 12.1 Å². The molecule has 0 bridgehead atoms. The van der Waals surface area contributed by atoms with E-state index in [1.807, 2.05) is 43.3 Å². The SMILES string of the molecule is CCCCCCOc1ccc(-c2ccccc2-c2ccc(OC(=O)C(C)(F)CCCCC)cc2)cc1. The minimum atomic E-state index is -1.98. The van der Waals surface area contributed by atoms with E-state index < -0.39 is 11.6 Å². The lowest BCUT2D eigenvalue weighted by atomic mass is 9.94. The van der Waals surface area contributed by atoms with Crippen molar-refractivity contribution >= 4 is 5.97 Å². The van der Waals surface area contributed by atoms with E-state index in [-0.39, 0.29) is 6.42 Å². The highest BCUT2D eigenvalue weighted by molar-refractivity contribution is 5.84. The zero-order valence-corrected chi connectivity index (χ0v) is 21.9. The van der Waals surface area contributed by atoms with Crippen LogP contribution < -0.4 is 9.47 Å².